The number of pyridine rings is 1. The Hall–Kier alpha value is -2.15. The third kappa shape index (κ3) is 2.12. The largest absolute Gasteiger partial charge is 0.481 e. The quantitative estimate of drug-likeness (QED) is 0.789. The second kappa shape index (κ2) is 4.51. The molecule has 0 atom stereocenters. The van der Waals surface area contributed by atoms with Gasteiger partial charge in [0.05, 0.1) is 18.7 Å². The van der Waals surface area contributed by atoms with Crippen molar-refractivity contribution < 1.29 is 4.74 Å². The van der Waals surface area contributed by atoms with Gasteiger partial charge in [-0.15, -0.1) is 11.3 Å². The van der Waals surface area contributed by atoms with E-state index in [1.54, 1.807) is 24.5 Å². The summed E-state index contributed by atoms with van der Waals surface area (Å²) in [6.07, 6.45) is 1.85. The molecule has 0 saturated carbocycles. The van der Waals surface area contributed by atoms with Crippen molar-refractivity contribution >= 4 is 28.4 Å². The second-order valence-electron chi connectivity index (χ2n) is 4.10. The van der Waals surface area contributed by atoms with Crippen LogP contribution < -0.4 is 10.5 Å². The van der Waals surface area contributed by atoms with Crippen LogP contribution in [0.5, 0.6) is 5.88 Å². The van der Waals surface area contributed by atoms with E-state index >= 15 is 0 Å². The summed E-state index contributed by atoms with van der Waals surface area (Å²) < 4.78 is 7.00. The molecule has 0 fully saturated rings. The number of nitrogen functional groups attached to an aromatic ring is 1. The van der Waals surface area contributed by atoms with Crippen molar-refractivity contribution in [2.24, 2.45) is 0 Å². The van der Waals surface area contributed by atoms with Gasteiger partial charge in [-0.05, 0) is 13.0 Å². The minimum absolute atomic E-state index is 0.446. The van der Waals surface area contributed by atoms with Gasteiger partial charge in [-0.2, -0.15) is 4.98 Å². The highest BCUT2D eigenvalue weighted by molar-refractivity contribution is 7.11. The monoisotopic (exact) mass is 275 g/mol. The smallest absolute Gasteiger partial charge is 0.215 e. The lowest BCUT2D eigenvalue weighted by Crippen LogP contribution is -2.04. The Balaban J connectivity index is 2.08. The third-order valence-corrected chi connectivity index (χ3v) is 3.69. The predicted octanol–water partition coefficient (Wildman–Crippen LogP) is 1.84. The normalized spacial score (nSPS) is 11.1. The van der Waals surface area contributed by atoms with Crippen molar-refractivity contribution in [2.75, 3.05) is 12.8 Å². The van der Waals surface area contributed by atoms with Gasteiger partial charge in [-0.3, -0.25) is 4.57 Å². The highest BCUT2D eigenvalue weighted by atomic mass is 32.1. The van der Waals surface area contributed by atoms with Crippen LogP contribution in [-0.2, 0) is 6.54 Å². The van der Waals surface area contributed by atoms with E-state index in [9.17, 15) is 0 Å². The molecule has 3 aromatic heterocycles. The minimum atomic E-state index is 0.446. The molecule has 0 aliphatic carbocycles. The SMILES string of the molecule is COc1ccc2nc(N)n(Cc3cnc(C)s3)c2n1. The minimum Gasteiger partial charge on any atom is -0.481 e. The number of ether oxygens (including phenoxy) is 1. The van der Waals surface area contributed by atoms with Crippen LogP contribution in [0.1, 0.15) is 9.88 Å². The molecule has 3 rings (SSSR count). The molecule has 3 heterocycles. The van der Waals surface area contributed by atoms with Crippen molar-refractivity contribution in [2.45, 2.75) is 13.5 Å². The number of hydrogen-bond acceptors (Lipinski definition) is 6. The van der Waals surface area contributed by atoms with Crippen LogP contribution in [0.15, 0.2) is 18.3 Å². The molecule has 0 aliphatic rings. The van der Waals surface area contributed by atoms with Crippen LogP contribution in [0, 0.1) is 6.92 Å². The molecule has 0 amide bonds. The predicted molar refractivity (Wildman–Crippen MR) is 74.4 cm³/mol. The molecule has 0 bridgehead atoms. The molecular formula is C12H13N5OS. The molecule has 19 heavy (non-hydrogen) atoms. The van der Waals surface area contributed by atoms with Gasteiger partial charge in [0.25, 0.3) is 0 Å². The fourth-order valence-corrected chi connectivity index (χ4v) is 2.69. The van der Waals surface area contributed by atoms with Crippen LogP contribution in [0.2, 0.25) is 0 Å². The summed E-state index contributed by atoms with van der Waals surface area (Å²) in [6.45, 7) is 2.60. The van der Waals surface area contributed by atoms with Crippen LogP contribution in [0.3, 0.4) is 0 Å². The Bertz CT molecular complexity index is 733. The zero-order chi connectivity index (χ0) is 13.4. The summed E-state index contributed by atoms with van der Waals surface area (Å²) in [7, 11) is 1.59. The Labute approximate surface area is 113 Å². The maximum atomic E-state index is 5.95. The number of aromatic nitrogens is 4. The van der Waals surface area contributed by atoms with E-state index in [0.717, 1.165) is 21.0 Å². The van der Waals surface area contributed by atoms with E-state index in [2.05, 4.69) is 15.0 Å². The van der Waals surface area contributed by atoms with Gasteiger partial charge in [0, 0.05) is 17.1 Å². The molecule has 0 aromatic carbocycles. The number of nitrogens with zero attached hydrogens (tertiary/aromatic N) is 4. The first kappa shape index (κ1) is 11.9. The van der Waals surface area contributed by atoms with Crippen molar-refractivity contribution in [1.82, 2.24) is 19.5 Å². The molecule has 0 spiro atoms. The van der Waals surface area contributed by atoms with Gasteiger partial charge >= 0.3 is 0 Å². The van der Waals surface area contributed by atoms with Crippen molar-refractivity contribution in [3.63, 3.8) is 0 Å². The summed E-state index contributed by atoms with van der Waals surface area (Å²) in [5.74, 6) is 0.996. The zero-order valence-electron chi connectivity index (χ0n) is 10.6. The van der Waals surface area contributed by atoms with E-state index in [4.69, 9.17) is 10.5 Å². The number of anilines is 1. The number of nitrogens with two attached hydrogens (primary N) is 1. The first-order valence-electron chi connectivity index (χ1n) is 5.75. The Morgan fingerprint density at radius 1 is 1.37 bits per heavy atom. The molecule has 0 radical (unpaired) electrons. The first-order valence-corrected chi connectivity index (χ1v) is 6.57. The lowest BCUT2D eigenvalue weighted by atomic mass is 10.4. The van der Waals surface area contributed by atoms with Gasteiger partial charge in [-0.25, -0.2) is 9.97 Å². The van der Waals surface area contributed by atoms with E-state index in [0.29, 0.717) is 18.4 Å². The van der Waals surface area contributed by atoms with Gasteiger partial charge in [-0.1, -0.05) is 0 Å². The van der Waals surface area contributed by atoms with E-state index in [1.165, 1.54) is 0 Å². The lowest BCUT2D eigenvalue weighted by molar-refractivity contribution is 0.399. The van der Waals surface area contributed by atoms with Crippen molar-refractivity contribution in [3.8, 4) is 5.88 Å². The first-order chi connectivity index (χ1) is 9.17. The van der Waals surface area contributed by atoms with E-state index < -0.39 is 0 Å². The summed E-state index contributed by atoms with van der Waals surface area (Å²) in [5.41, 5.74) is 7.44. The molecule has 2 N–H and O–H groups in total. The number of hydrogen-bond donors (Lipinski definition) is 1. The molecule has 0 unspecified atom stereocenters. The Morgan fingerprint density at radius 3 is 2.89 bits per heavy atom. The third-order valence-electron chi connectivity index (χ3n) is 2.79. The van der Waals surface area contributed by atoms with Crippen molar-refractivity contribution in [3.05, 3.63) is 28.2 Å². The molecule has 0 saturated heterocycles. The Kier molecular flexibility index (Phi) is 2.83. The van der Waals surface area contributed by atoms with Gasteiger partial charge in [0.1, 0.15) is 5.52 Å². The zero-order valence-corrected chi connectivity index (χ0v) is 11.4. The van der Waals surface area contributed by atoms with Crippen LogP contribution in [0.4, 0.5) is 5.95 Å². The summed E-state index contributed by atoms with van der Waals surface area (Å²) >= 11 is 1.64. The highest BCUT2D eigenvalue weighted by Crippen LogP contribution is 2.22. The van der Waals surface area contributed by atoms with Crippen molar-refractivity contribution in [1.29, 1.82) is 0 Å². The fraction of sp³-hybridized carbons (Fsp3) is 0.250. The number of imidazole rings is 1. The topological polar surface area (TPSA) is 78.9 Å². The van der Waals surface area contributed by atoms with E-state index in [-0.39, 0.29) is 0 Å². The number of rotatable bonds is 3. The van der Waals surface area contributed by atoms with E-state index in [1.807, 2.05) is 23.8 Å². The van der Waals surface area contributed by atoms with Gasteiger partial charge < -0.3 is 10.5 Å². The summed E-state index contributed by atoms with van der Waals surface area (Å²) in [5, 5.41) is 1.03. The lowest BCUT2D eigenvalue weighted by Gasteiger charge is -2.04. The molecule has 6 nitrogen and oxygen atoms in total. The fourth-order valence-electron chi connectivity index (χ4n) is 1.91. The molecule has 3 aromatic rings. The number of methoxy groups -OCH3 is 1. The van der Waals surface area contributed by atoms with Gasteiger partial charge in [0.2, 0.25) is 11.8 Å². The Morgan fingerprint density at radius 2 is 2.21 bits per heavy atom. The van der Waals surface area contributed by atoms with Gasteiger partial charge in [0.15, 0.2) is 5.65 Å². The summed E-state index contributed by atoms with van der Waals surface area (Å²) in [4.78, 5) is 14.1. The maximum absolute atomic E-state index is 5.95. The molecule has 0 aliphatic heterocycles. The average Bonchev–Trinajstić information content (AvgIpc) is 2.94. The number of thiazole rings is 1. The van der Waals surface area contributed by atoms with Crippen LogP contribution >= 0.6 is 11.3 Å². The standard InChI is InChI=1S/C12H13N5OS/c1-7-14-5-8(19-7)6-17-11-9(15-12(17)13)3-4-10(16-11)18-2/h3-5H,6H2,1-2H3,(H2,13,15). The number of aryl methyl sites for hydroxylation is 1. The van der Waals surface area contributed by atoms with Crippen LogP contribution in [-0.4, -0.2) is 26.6 Å². The summed E-state index contributed by atoms with van der Waals surface area (Å²) in [6, 6.07) is 3.63. The molecular weight excluding hydrogens is 262 g/mol. The van der Waals surface area contributed by atoms with Crippen LogP contribution in [0.25, 0.3) is 11.2 Å². The molecule has 98 valence electrons. The maximum Gasteiger partial charge on any atom is 0.215 e. The highest BCUT2D eigenvalue weighted by Gasteiger charge is 2.12. The number of fused-ring (bicyclic) bond motifs is 1. The average molecular weight is 275 g/mol. The molecule has 7 heteroatoms. The second-order valence-corrected chi connectivity index (χ2v) is 5.42.